The molecule has 0 saturated heterocycles. The lowest BCUT2D eigenvalue weighted by Gasteiger charge is -2.17. The van der Waals surface area contributed by atoms with Gasteiger partial charge in [-0.2, -0.15) is 0 Å². The zero-order valence-corrected chi connectivity index (χ0v) is 14.5. The number of nitrogens with one attached hydrogen (secondary N) is 1. The lowest BCUT2D eigenvalue weighted by atomic mass is 10.1. The Hall–Kier alpha value is -2.40. The van der Waals surface area contributed by atoms with Crippen molar-refractivity contribution in [1.29, 1.82) is 0 Å². The molecule has 0 aliphatic rings. The standard InChI is InChI=1S/C12H26N6O3.C2H4O2/c13-6-2-1-5-9(11(20)21)18-10(19)8(14)4-3-7-17-12(15)16;1-2(3)4/h8-9H,1-7,13-14H2,(H,18,19)(H,20,21)(H4,15,16,17);1H3,(H,3,4)/t8-,9-;/m0./s1. The second-order valence-corrected chi connectivity index (χ2v) is 5.26. The molecule has 0 unspecified atom stereocenters. The first kappa shape index (κ1) is 24.8. The average Bonchev–Trinajstić information content (AvgIpc) is 2.49. The van der Waals surface area contributed by atoms with E-state index in [0.717, 1.165) is 6.92 Å². The third kappa shape index (κ3) is 17.8. The number of amides is 1. The Labute approximate surface area is 146 Å². The first-order valence-electron chi connectivity index (χ1n) is 7.85. The Morgan fingerprint density at radius 1 is 1.08 bits per heavy atom. The minimum atomic E-state index is -1.08. The summed E-state index contributed by atoms with van der Waals surface area (Å²) in [4.78, 5) is 35.6. The fourth-order valence-corrected chi connectivity index (χ4v) is 1.68. The summed E-state index contributed by atoms with van der Waals surface area (Å²) in [6.07, 6.45) is 2.59. The molecule has 0 aromatic heterocycles. The molecule has 0 spiro atoms. The van der Waals surface area contributed by atoms with E-state index in [1.165, 1.54) is 0 Å². The fourth-order valence-electron chi connectivity index (χ4n) is 1.68. The zero-order valence-electron chi connectivity index (χ0n) is 14.5. The second kappa shape index (κ2) is 15.1. The van der Waals surface area contributed by atoms with Crippen LogP contribution in [-0.4, -0.2) is 59.2 Å². The van der Waals surface area contributed by atoms with E-state index in [4.69, 9.17) is 37.9 Å². The number of nitrogens with two attached hydrogens (primary N) is 4. The van der Waals surface area contributed by atoms with Gasteiger partial charge in [-0.25, -0.2) is 4.79 Å². The monoisotopic (exact) mass is 362 g/mol. The number of carbonyl (C=O) groups excluding carboxylic acids is 1. The molecule has 11 N–H and O–H groups in total. The maximum Gasteiger partial charge on any atom is 0.326 e. The van der Waals surface area contributed by atoms with Crippen LogP contribution in [0.25, 0.3) is 0 Å². The van der Waals surface area contributed by atoms with Gasteiger partial charge in [0, 0.05) is 13.5 Å². The molecule has 0 bridgehead atoms. The fraction of sp³-hybridized carbons (Fsp3) is 0.714. The molecule has 0 aromatic rings. The van der Waals surface area contributed by atoms with E-state index in [-0.39, 0.29) is 5.96 Å². The largest absolute Gasteiger partial charge is 0.481 e. The smallest absolute Gasteiger partial charge is 0.326 e. The van der Waals surface area contributed by atoms with Crippen molar-refractivity contribution in [2.24, 2.45) is 27.9 Å². The van der Waals surface area contributed by atoms with Crippen LogP contribution < -0.4 is 28.3 Å². The SMILES string of the molecule is CC(=O)O.NCCCC[C@H](NC(=O)[C@@H](N)CCCN=C(N)N)C(=O)O. The summed E-state index contributed by atoms with van der Waals surface area (Å²) in [5, 5.41) is 18.9. The number of nitrogens with zero attached hydrogens (tertiary/aromatic N) is 1. The summed E-state index contributed by atoms with van der Waals surface area (Å²) >= 11 is 0. The highest BCUT2D eigenvalue weighted by Crippen LogP contribution is 2.02. The minimum absolute atomic E-state index is 0.0149. The number of aliphatic carboxylic acids is 2. The quantitative estimate of drug-likeness (QED) is 0.124. The van der Waals surface area contributed by atoms with E-state index in [9.17, 15) is 9.59 Å². The Bertz CT molecular complexity index is 435. The van der Waals surface area contributed by atoms with Gasteiger partial charge in [-0.05, 0) is 38.6 Å². The molecule has 0 rings (SSSR count). The lowest BCUT2D eigenvalue weighted by Crippen LogP contribution is -2.48. The first-order chi connectivity index (χ1) is 11.6. The molecule has 11 heteroatoms. The molecule has 25 heavy (non-hydrogen) atoms. The molecule has 11 nitrogen and oxygen atoms in total. The van der Waals surface area contributed by atoms with Gasteiger partial charge >= 0.3 is 5.97 Å². The number of hydrogen-bond acceptors (Lipinski definition) is 6. The maximum atomic E-state index is 11.8. The number of rotatable bonds is 11. The number of unbranched alkanes of at least 4 members (excludes halogenated alkanes) is 1. The van der Waals surface area contributed by atoms with Crippen LogP contribution in [0.3, 0.4) is 0 Å². The molecule has 0 saturated carbocycles. The van der Waals surface area contributed by atoms with Crippen molar-refractivity contribution in [3.8, 4) is 0 Å². The van der Waals surface area contributed by atoms with E-state index < -0.39 is 29.9 Å². The topological polar surface area (TPSA) is 220 Å². The second-order valence-electron chi connectivity index (χ2n) is 5.26. The highest BCUT2D eigenvalue weighted by Gasteiger charge is 2.22. The number of carboxylic acids is 2. The average molecular weight is 362 g/mol. The molecule has 0 fully saturated rings. The van der Waals surface area contributed by atoms with E-state index in [0.29, 0.717) is 45.2 Å². The Morgan fingerprint density at radius 3 is 2.08 bits per heavy atom. The van der Waals surface area contributed by atoms with Crippen molar-refractivity contribution < 1.29 is 24.6 Å². The summed E-state index contributed by atoms with van der Waals surface area (Å²) in [7, 11) is 0. The summed E-state index contributed by atoms with van der Waals surface area (Å²) in [5.74, 6) is -2.41. The van der Waals surface area contributed by atoms with Gasteiger partial charge in [0.2, 0.25) is 5.91 Å². The Morgan fingerprint density at radius 2 is 1.64 bits per heavy atom. The molecule has 0 radical (unpaired) electrons. The van der Waals surface area contributed by atoms with E-state index in [1.54, 1.807) is 0 Å². The van der Waals surface area contributed by atoms with Crippen molar-refractivity contribution in [3.05, 3.63) is 0 Å². The van der Waals surface area contributed by atoms with Crippen LogP contribution in [0.4, 0.5) is 0 Å². The lowest BCUT2D eigenvalue weighted by molar-refractivity contribution is -0.142. The van der Waals surface area contributed by atoms with Crippen LogP contribution in [0.5, 0.6) is 0 Å². The number of carboxylic acid groups (broad SMARTS) is 2. The van der Waals surface area contributed by atoms with Crippen molar-refractivity contribution in [2.75, 3.05) is 13.1 Å². The van der Waals surface area contributed by atoms with Gasteiger partial charge in [-0.3, -0.25) is 14.6 Å². The molecular formula is C14H30N6O5. The van der Waals surface area contributed by atoms with Crippen LogP contribution in [0.1, 0.15) is 39.0 Å². The molecule has 2 atom stereocenters. The van der Waals surface area contributed by atoms with E-state index in [1.807, 2.05) is 0 Å². The van der Waals surface area contributed by atoms with Gasteiger partial charge in [0.1, 0.15) is 6.04 Å². The molecule has 0 heterocycles. The summed E-state index contributed by atoms with van der Waals surface area (Å²) in [5.41, 5.74) is 21.4. The first-order valence-corrected chi connectivity index (χ1v) is 7.85. The van der Waals surface area contributed by atoms with Gasteiger partial charge in [0.05, 0.1) is 6.04 Å². The number of aliphatic imine (C=N–C) groups is 1. The minimum Gasteiger partial charge on any atom is -0.481 e. The predicted molar refractivity (Wildman–Crippen MR) is 93.7 cm³/mol. The zero-order chi connectivity index (χ0) is 19.8. The molecule has 0 aromatic carbocycles. The van der Waals surface area contributed by atoms with Crippen LogP contribution in [0.15, 0.2) is 4.99 Å². The van der Waals surface area contributed by atoms with Crippen molar-refractivity contribution in [1.82, 2.24) is 5.32 Å². The van der Waals surface area contributed by atoms with Gasteiger partial charge in [0.25, 0.3) is 5.97 Å². The molecule has 1 amide bonds. The van der Waals surface area contributed by atoms with E-state index in [2.05, 4.69) is 10.3 Å². The van der Waals surface area contributed by atoms with Gasteiger partial charge in [0.15, 0.2) is 5.96 Å². The van der Waals surface area contributed by atoms with Crippen molar-refractivity contribution in [2.45, 2.75) is 51.1 Å². The predicted octanol–water partition coefficient (Wildman–Crippen LogP) is -1.84. The molecular weight excluding hydrogens is 332 g/mol. The van der Waals surface area contributed by atoms with Crippen molar-refractivity contribution in [3.63, 3.8) is 0 Å². The third-order valence-electron chi connectivity index (χ3n) is 2.87. The number of carbonyl (C=O) groups is 3. The van der Waals surface area contributed by atoms with Crippen LogP contribution in [0.2, 0.25) is 0 Å². The molecule has 146 valence electrons. The highest BCUT2D eigenvalue weighted by atomic mass is 16.4. The van der Waals surface area contributed by atoms with Crippen LogP contribution in [0, 0.1) is 0 Å². The van der Waals surface area contributed by atoms with Gasteiger partial charge in [-0.15, -0.1) is 0 Å². The summed E-state index contributed by atoms with van der Waals surface area (Å²) in [6, 6.07) is -1.72. The van der Waals surface area contributed by atoms with Crippen LogP contribution in [-0.2, 0) is 14.4 Å². The molecule has 0 aliphatic carbocycles. The van der Waals surface area contributed by atoms with Crippen LogP contribution >= 0.6 is 0 Å². The molecule has 0 aliphatic heterocycles. The number of hydrogen-bond donors (Lipinski definition) is 7. The maximum absolute atomic E-state index is 11.8. The normalized spacial score (nSPS) is 12.1. The number of guanidine groups is 1. The van der Waals surface area contributed by atoms with Crippen molar-refractivity contribution >= 4 is 23.8 Å². The summed E-state index contributed by atoms with van der Waals surface area (Å²) < 4.78 is 0. The van der Waals surface area contributed by atoms with Gasteiger partial charge in [-0.1, -0.05) is 0 Å². The summed E-state index contributed by atoms with van der Waals surface area (Å²) in [6.45, 7) is 1.95. The third-order valence-corrected chi connectivity index (χ3v) is 2.87. The highest BCUT2D eigenvalue weighted by molar-refractivity contribution is 5.86. The Kier molecular flexibility index (Phi) is 15.1. The van der Waals surface area contributed by atoms with Gasteiger partial charge < -0.3 is 38.5 Å². The Balaban J connectivity index is 0. The van der Waals surface area contributed by atoms with E-state index >= 15 is 0 Å².